The van der Waals surface area contributed by atoms with Crippen LogP contribution in [0.3, 0.4) is 0 Å². The molecule has 0 bridgehead atoms. The monoisotopic (exact) mass is 451 g/mol. The number of benzene rings is 2. The first-order chi connectivity index (χ1) is 15.3. The standard InChI is InChI=1S/C22H14FN3O5S/c1-11-7-8-12(10-14(11)23)24-18(16-6-3-9-32-16)19(22(24)29)25-20(27)13-4-2-5-15(26(30)31)17(13)21(25)28/h2-10,18-19H,1H3. The second-order valence-electron chi connectivity index (χ2n) is 7.48. The van der Waals surface area contributed by atoms with Gasteiger partial charge in [-0.3, -0.25) is 34.3 Å². The van der Waals surface area contributed by atoms with Crippen LogP contribution in [0.2, 0.25) is 0 Å². The van der Waals surface area contributed by atoms with Crippen LogP contribution in [-0.2, 0) is 4.79 Å². The zero-order valence-corrected chi connectivity index (χ0v) is 17.3. The average Bonchev–Trinajstić information content (AvgIpc) is 3.37. The molecule has 2 aliphatic heterocycles. The zero-order valence-electron chi connectivity index (χ0n) is 16.5. The van der Waals surface area contributed by atoms with Crippen molar-refractivity contribution >= 4 is 40.4 Å². The molecule has 2 aromatic carbocycles. The van der Waals surface area contributed by atoms with E-state index in [1.165, 1.54) is 34.4 Å². The number of thiophene rings is 1. The summed E-state index contributed by atoms with van der Waals surface area (Å²) in [4.78, 5) is 53.0. The Kier molecular flexibility index (Phi) is 4.41. The van der Waals surface area contributed by atoms with Gasteiger partial charge in [0, 0.05) is 16.6 Å². The third kappa shape index (κ3) is 2.69. The van der Waals surface area contributed by atoms with E-state index in [2.05, 4.69) is 0 Å². The highest BCUT2D eigenvalue weighted by molar-refractivity contribution is 7.10. The molecule has 160 valence electrons. The molecule has 0 radical (unpaired) electrons. The number of halogens is 1. The number of rotatable bonds is 4. The molecule has 0 N–H and O–H groups in total. The molecule has 2 unspecified atom stereocenters. The van der Waals surface area contributed by atoms with E-state index in [-0.39, 0.29) is 11.1 Å². The van der Waals surface area contributed by atoms with Gasteiger partial charge in [0.2, 0.25) is 0 Å². The van der Waals surface area contributed by atoms with Gasteiger partial charge in [-0.2, -0.15) is 0 Å². The molecule has 1 fully saturated rings. The number of nitro benzene ring substituents is 1. The van der Waals surface area contributed by atoms with E-state index in [0.717, 1.165) is 11.0 Å². The fourth-order valence-electron chi connectivity index (χ4n) is 4.18. The minimum absolute atomic E-state index is 0.109. The SMILES string of the molecule is Cc1ccc(N2C(=O)C(N3C(=O)c4cccc([N+](=O)[O-])c4C3=O)C2c2cccs2)cc1F. The number of carbonyl (C=O) groups is 3. The third-order valence-corrected chi connectivity index (χ3v) is 6.68. The fraction of sp³-hybridized carbons (Fsp3) is 0.136. The van der Waals surface area contributed by atoms with E-state index in [1.54, 1.807) is 36.6 Å². The van der Waals surface area contributed by atoms with Crippen LogP contribution in [0.4, 0.5) is 15.8 Å². The summed E-state index contributed by atoms with van der Waals surface area (Å²) in [6.07, 6.45) is 0. The average molecular weight is 451 g/mol. The summed E-state index contributed by atoms with van der Waals surface area (Å²) in [7, 11) is 0. The predicted molar refractivity (Wildman–Crippen MR) is 113 cm³/mol. The third-order valence-electron chi connectivity index (χ3n) is 5.74. The number of amides is 3. The number of anilines is 1. The zero-order chi connectivity index (χ0) is 22.7. The summed E-state index contributed by atoms with van der Waals surface area (Å²) in [5, 5.41) is 13.2. The van der Waals surface area contributed by atoms with Gasteiger partial charge < -0.3 is 0 Å². The number of carbonyl (C=O) groups excluding carboxylic acids is 3. The van der Waals surface area contributed by atoms with Crippen molar-refractivity contribution in [2.75, 3.05) is 4.90 Å². The lowest BCUT2D eigenvalue weighted by atomic mass is 9.90. The Labute approximate surface area is 184 Å². The lowest BCUT2D eigenvalue weighted by Crippen LogP contribution is -2.67. The van der Waals surface area contributed by atoms with Gasteiger partial charge in [-0.25, -0.2) is 4.39 Å². The summed E-state index contributed by atoms with van der Waals surface area (Å²) in [6.45, 7) is 1.60. The van der Waals surface area contributed by atoms with Crippen LogP contribution < -0.4 is 4.90 Å². The Bertz CT molecular complexity index is 1320. The maximum Gasteiger partial charge on any atom is 0.282 e. The smallest absolute Gasteiger partial charge is 0.282 e. The molecule has 2 atom stereocenters. The summed E-state index contributed by atoms with van der Waals surface area (Å²) in [5.41, 5.74) is -0.198. The van der Waals surface area contributed by atoms with Crippen LogP contribution in [0.25, 0.3) is 0 Å². The molecule has 3 aromatic rings. The number of nitro groups is 1. The van der Waals surface area contributed by atoms with Gasteiger partial charge in [-0.15, -0.1) is 11.3 Å². The Morgan fingerprint density at radius 3 is 2.44 bits per heavy atom. The van der Waals surface area contributed by atoms with Gasteiger partial charge in [0.15, 0.2) is 0 Å². The highest BCUT2D eigenvalue weighted by Crippen LogP contribution is 2.46. The van der Waals surface area contributed by atoms with Gasteiger partial charge in [0.25, 0.3) is 23.4 Å². The molecule has 3 heterocycles. The first-order valence-electron chi connectivity index (χ1n) is 9.59. The molecule has 2 aliphatic rings. The maximum absolute atomic E-state index is 14.2. The molecule has 0 saturated carbocycles. The summed E-state index contributed by atoms with van der Waals surface area (Å²) in [5.74, 6) is -2.70. The second-order valence-corrected chi connectivity index (χ2v) is 8.46. The summed E-state index contributed by atoms with van der Waals surface area (Å²) >= 11 is 1.33. The van der Waals surface area contributed by atoms with Gasteiger partial charge in [0.05, 0.1) is 10.5 Å². The number of fused-ring (bicyclic) bond motifs is 1. The number of hydrogen-bond acceptors (Lipinski definition) is 6. The van der Waals surface area contributed by atoms with Gasteiger partial charge in [0.1, 0.15) is 23.5 Å². The van der Waals surface area contributed by atoms with E-state index in [4.69, 9.17) is 0 Å². The van der Waals surface area contributed by atoms with E-state index in [1.807, 2.05) is 0 Å². The number of β-lactam (4-membered cyclic amide) rings is 1. The molecule has 10 heteroatoms. The minimum Gasteiger partial charge on any atom is -0.299 e. The van der Waals surface area contributed by atoms with Crippen LogP contribution in [-0.4, -0.2) is 33.6 Å². The minimum atomic E-state index is -1.19. The van der Waals surface area contributed by atoms with Crippen molar-refractivity contribution in [1.29, 1.82) is 0 Å². The maximum atomic E-state index is 14.2. The quantitative estimate of drug-likeness (QED) is 0.260. The molecule has 5 rings (SSSR count). The first kappa shape index (κ1) is 20.0. The molecule has 3 amide bonds. The molecule has 8 nitrogen and oxygen atoms in total. The van der Waals surface area contributed by atoms with Gasteiger partial charge in [-0.05, 0) is 42.1 Å². The van der Waals surface area contributed by atoms with E-state index in [0.29, 0.717) is 16.1 Å². The molecule has 0 aliphatic carbocycles. The number of hydrogen-bond donors (Lipinski definition) is 0. The van der Waals surface area contributed by atoms with Crippen molar-refractivity contribution in [3.63, 3.8) is 0 Å². The Morgan fingerprint density at radius 1 is 1.00 bits per heavy atom. The second kappa shape index (κ2) is 7.06. The fourth-order valence-corrected chi connectivity index (χ4v) is 5.02. The summed E-state index contributed by atoms with van der Waals surface area (Å²) in [6, 6.07) is 9.78. The first-order valence-corrected chi connectivity index (χ1v) is 10.5. The molecular formula is C22H14FN3O5S. The Hall–Kier alpha value is -3.92. The summed E-state index contributed by atoms with van der Waals surface area (Å²) < 4.78 is 14.2. The lowest BCUT2D eigenvalue weighted by molar-refractivity contribution is -0.385. The molecule has 1 saturated heterocycles. The molecule has 0 spiro atoms. The van der Waals surface area contributed by atoms with Crippen LogP contribution >= 0.6 is 11.3 Å². The van der Waals surface area contributed by atoms with Crippen LogP contribution in [0.5, 0.6) is 0 Å². The molecular weight excluding hydrogens is 437 g/mol. The number of nitrogens with zero attached hydrogens (tertiary/aromatic N) is 3. The van der Waals surface area contributed by atoms with Crippen molar-refractivity contribution in [2.45, 2.75) is 19.0 Å². The van der Waals surface area contributed by atoms with Crippen LogP contribution in [0.15, 0.2) is 53.9 Å². The lowest BCUT2D eigenvalue weighted by Gasteiger charge is -2.49. The predicted octanol–water partition coefficient (Wildman–Crippen LogP) is 3.86. The number of imide groups is 1. The molecule has 1 aromatic heterocycles. The highest BCUT2D eigenvalue weighted by Gasteiger charge is 2.58. The number of aryl methyl sites for hydroxylation is 1. The van der Waals surface area contributed by atoms with Gasteiger partial charge in [-0.1, -0.05) is 18.2 Å². The van der Waals surface area contributed by atoms with E-state index >= 15 is 0 Å². The largest absolute Gasteiger partial charge is 0.299 e. The van der Waals surface area contributed by atoms with Gasteiger partial charge >= 0.3 is 0 Å². The Balaban J connectivity index is 1.59. The van der Waals surface area contributed by atoms with Crippen molar-refractivity contribution in [2.24, 2.45) is 0 Å². The topological polar surface area (TPSA) is 101 Å². The van der Waals surface area contributed by atoms with Crippen molar-refractivity contribution in [3.05, 3.63) is 91.4 Å². The van der Waals surface area contributed by atoms with Crippen LogP contribution in [0.1, 0.15) is 37.2 Å². The van der Waals surface area contributed by atoms with Crippen LogP contribution in [0, 0.1) is 22.9 Å². The van der Waals surface area contributed by atoms with E-state index < -0.39 is 46.2 Å². The highest BCUT2D eigenvalue weighted by atomic mass is 32.1. The molecule has 32 heavy (non-hydrogen) atoms. The van der Waals surface area contributed by atoms with Crippen molar-refractivity contribution < 1.29 is 23.7 Å². The van der Waals surface area contributed by atoms with E-state index in [9.17, 15) is 28.9 Å². The normalized spacial score (nSPS) is 19.9. The van der Waals surface area contributed by atoms with Crippen molar-refractivity contribution in [3.8, 4) is 0 Å². The Morgan fingerprint density at radius 2 is 1.78 bits per heavy atom. The van der Waals surface area contributed by atoms with Crippen molar-refractivity contribution in [1.82, 2.24) is 4.90 Å².